The summed E-state index contributed by atoms with van der Waals surface area (Å²) >= 11 is 0. The molecular weight excluding hydrogens is 360 g/mol. The lowest BCUT2D eigenvalue weighted by atomic mass is 9.90. The third-order valence-corrected chi connectivity index (χ3v) is 6.29. The summed E-state index contributed by atoms with van der Waals surface area (Å²) in [5.74, 6) is 2.93. The van der Waals surface area contributed by atoms with E-state index < -0.39 is 0 Å². The number of aromatic nitrogens is 2. The van der Waals surface area contributed by atoms with E-state index in [2.05, 4.69) is 52.1 Å². The fraction of sp³-hybridized carbons (Fsp3) is 0.542. The van der Waals surface area contributed by atoms with E-state index in [9.17, 15) is 4.79 Å². The van der Waals surface area contributed by atoms with Gasteiger partial charge >= 0.3 is 0 Å². The second-order valence-electron chi connectivity index (χ2n) is 8.78. The molecule has 2 aliphatic rings. The molecule has 1 aromatic carbocycles. The smallest absolute Gasteiger partial charge is 0.272 e. The number of aryl methyl sites for hydroxylation is 1. The lowest BCUT2D eigenvalue weighted by Crippen LogP contribution is -2.40. The van der Waals surface area contributed by atoms with Crippen LogP contribution in [-0.2, 0) is 6.42 Å². The van der Waals surface area contributed by atoms with Crippen LogP contribution in [0.25, 0.3) is 0 Å². The maximum Gasteiger partial charge on any atom is 0.272 e. The van der Waals surface area contributed by atoms with Crippen molar-refractivity contribution in [2.24, 2.45) is 11.8 Å². The first-order valence-electron chi connectivity index (χ1n) is 11.0. The molecule has 3 heterocycles. The molecule has 29 heavy (non-hydrogen) atoms. The topological polar surface area (TPSA) is 49.3 Å². The Bertz CT molecular complexity index is 830. The molecule has 2 aromatic rings. The van der Waals surface area contributed by atoms with Gasteiger partial charge in [-0.05, 0) is 56.4 Å². The van der Waals surface area contributed by atoms with Crippen LogP contribution < -0.4 is 4.90 Å². The molecule has 1 amide bonds. The normalized spacial score (nSPS) is 20.7. The first-order chi connectivity index (χ1) is 14.1. The zero-order chi connectivity index (χ0) is 20.2. The van der Waals surface area contributed by atoms with Gasteiger partial charge in [0.1, 0.15) is 17.3 Å². The van der Waals surface area contributed by atoms with Gasteiger partial charge in [0.15, 0.2) is 0 Å². The fourth-order valence-electron chi connectivity index (χ4n) is 4.67. The number of nitrogens with zero attached hydrogens (tertiary/aromatic N) is 4. The summed E-state index contributed by atoms with van der Waals surface area (Å²) in [5.41, 5.74) is 1.97. The van der Waals surface area contributed by atoms with Crippen molar-refractivity contribution in [2.75, 3.05) is 31.1 Å². The van der Waals surface area contributed by atoms with Crippen LogP contribution in [0.3, 0.4) is 0 Å². The minimum absolute atomic E-state index is 0.0577. The Kier molecular flexibility index (Phi) is 6.12. The molecule has 4 rings (SSSR count). The molecule has 2 saturated heterocycles. The molecule has 2 aliphatic heterocycles. The molecule has 0 spiro atoms. The molecule has 1 unspecified atom stereocenters. The Morgan fingerprint density at radius 1 is 1.07 bits per heavy atom. The Hall–Kier alpha value is -2.43. The molecule has 1 aromatic heterocycles. The highest BCUT2D eigenvalue weighted by atomic mass is 16.2. The van der Waals surface area contributed by atoms with Gasteiger partial charge in [-0.1, -0.05) is 37.3 Å². The average Bonchev–Trinajstić information content (AvgIpc) is 2.74. The predicted molar refractivity (Wildman–Crippen MR) is 116 cm³/mol. The van der Waals surface area contributed by atoms with Crippen LogP contribution in [0.15, 0.2) is 36.4 Å². The molecule has 2 fully saturated rings. The van der Waals surface area contributed by atoms with Crippen LogP contribution in [0.4, 0.5) is 5.82 Å². The van der Waals surface area contributed by atoms with Crippen LogP contribution in [0.1, 0.15) is 54.5 Å². The summed E-state index contributed by atoms with van der Waals surface area (Å²) in [7, 11) is 0. The highest BCUT2D eigenvalue weighted by Crippen LogP contribution is 2.26. The lowest BCUT2D eigenvalue weighted by molar-refractivity contribution is 0.0676. The number of benzene rings is 1. The van der Waals surface area contributed by atoms with Crippen molar-refractivity contribution in [3.05, 3.63) is 53.5 Å². The van der Waals surface area contributed by atoms with Gasteiger partial charge in [0, 0.05) is 32.2 Å². The van der Waals surface area contributed by atoms with Gasteiger partial charge < -0.3 is 9.80 Å². The van der Waals surface area contributed by atoms with Gasteiger partial charge in [0.2, 0.25) is 0 Å². The highest BCUT2D eigenvalue weighted by molar-refractivity contribution is 5.93. The molecule has 1 atom stereocenters. The highest BCUT2D eigenvalue weighted by Gasteiger charge is 2.25. The van der Waals surface area contributed by atoms with Gasteiger partial charge in [-0.2, -0.15) is 0 Å². The van der Waals surface area contributed by atoms with Gasteiger partial charge in [-0.3, -0.25) is 4.79 Å². The molecular formula is C24H32N4O. The number of carbonyl (C=O) groups excluding carboxylic acids is 1. The van der Waals surface area contributed by atoms with Crippen LogP contribution in [-0.4, -0.2) is 47.0 Å². The standard InChI is InChI=1S/C24H32N4O/c1-18-7-6-12-28(17-18)24(29)22-16-23(26-19(2)25-22)27-13-10-21(11-14-27)15-20-8-4-3-5-9-20/h3-5,8-9,16,18,21H,6-7,10-15,17H2,1-2H3. The molecule has 5 heteroatoms. The molecule has 5 nitrogen and oxygen atoms in total. The third kappa shape index (κ3) is 4.95. The van der Waals surface area contributed by atoms with Crippen molar-refractivity contribution in [3.63, 3.8) is 0 Å². The largest absolute Gasteiger partial charge is 0.356 e. The SMILES string of the molecule is Cc1nc(C(=O)N2CCCC(C)C2)cc(N2CCC(Cc3ccccc3)CC2)n1. The van der Waals surface area contributed by atoms with E-state index in [4.69, 9.17) is 0 Å². The predicted octanol–water partition coefficient (Wildman–Crippen LogP) is 4.12. The summed E-state index contributed by atoms with van der Waals surface area (Å²) < 4.78 is 0. The molecule has 0 radical (unpaired) electrons. The van der Waals surface area contributed by atoms with E-state index in [0.717, 1.165) is 57.7 Å². The van der Waals surface area contributed by atoms with E-state index in [0.29, 0.717) is 23.4 Å². The maximum atomic E-state index is 13.0. The van der Waals surface area contributed by atoms with Crippen LogP contribution in [0.2, 0.25) is 0 Å². The number of piperidine rings is 2. The van der Waals surface area contributed by atoms with Crippen LogP contribution in [0, 0.1) is 18.8 Å². The minimum atomic E-state index is 0.0577. The van der Waals surface area contributed by atoms with Gasteiger partial charge in [-0.15, -0.1) is 0 Å². The minimum Gasteiger partial charge on any atom is -0.356 e. The molecule has 0 bridgehead atoms. The number of carbonyl (C=O) groups is 1. The van der Waals surface area contributed by atoms with Crippen molar-refractivity contribution in [1.29, 1.82) is 0 Å². The maximum absolute atomic E-state index is 13.0. The molecule has 0 saturated carbocycles. The summed E-state index contributed by atoms with van der Waals surface area (Å²) in [6, 6.07) is 12.7. The van der Waals surface area contributed by atoms with Gasteiger partial charge in [-0.25, -0.2) is 9.97 Å². The second-order valence-corrected chi connectivity index (χ2v) is 8.78. The average molecular weight is 393 g/mol. The summed E-state index contributed by atoms with van der Waals surface area (Å²) in [6.07, 6.45) is 5.75. The van der Waals surface area contributed by atoms with Crippen molar-refractivity contribution in [1.82, 2.24) is 14.9 Å². The Balaban J connectivity index is 1.41. The quantitative estimate of drug-likeness (QED) is 0.785. The lowest BCUT2D eigenvalue weighted by Gasteiger charge is -2.33. The number of hydrogen-bond donors (Lipinski definition) is 0. The zero-order valence-electron chi connectivity index (χ0n) is 17.7. The Morgan fingerprint density at radius 3 is 2.55 bits per heavy atom. The molecule has 0 N–H and O–H groups in total. The van der Waals surface area contributed by atoms with Crippen molar-refractivity contribution in [3.8, 4) is 0 Å². The van der Waals surface area contributed by atoms with E-state index in [1.54, 1.807) is 0 Å². The Labute approximate surface area is 174 Å². The zero-order valence-corrected chi connectivity index (χ0v) is 17.7. The van der Waals surface area contributed by atoms with Gasteiger partial charge in [0.05, 0.1) is 0 Å². The van der Waals surface area contributed by atoms with Gasteiger partial charge in [0.25, 0.3) is 5.91 Å². The Morgan fingerprint density at radius 2 is 1.83 bits per heavy atom. The number of hydrogen-bond acceptors (Lipinski definition) is 4. The third-order valence-electron chi connectivity index (χ3n) is 6.29. The van der Waals surface area contributed by atoms with Crippen molar-refractivity contribution < 1.29 is 4.79 Å². The fourth-order valence-corrected chi connectivity index (χ4v) is 4.67. The van der Waals surface area contributed by atoms with Crippen LogP contribution in [0.5, 0.6) is 0 Å². The summed E-state index contributed by atoms with van der Waals surface area (Å²) in [5, 5.41) is 0. The molecule has 154 valence electrons. The van der Waals surface area contributed by atoms with Crippen molar-refractivity contribution >= 4 is 11.7 Å². The van der Waals surface area contributed by atoms with Crippen molar-refractivity contribution in [2.45, 2.75) is 46.0 Å². The summed E-state index contributed by atoms with van der Waals surface area (Å²) in [4.78, 5) is 26.4. The van der Waals surface area contributed by atoms with E-state index in [1.165, 1.54) is 12.0 Å². The summed E-state index contributed by atoms with van der Waals surface area (Å²) in [6.45, 7) is 7.76. The number of amides is 1. The molecule has 0 aliphatic carbocycles. The monoisotopic (exact) mass is 392 g/mol. The number of likely N-dealkylation sites (tertiary alicyclic amines) is 1. The number of rotatable bonds is 4. The van der Waals surface area contributed by atoms with E-state index in [-0.39, 0.29) is 5.91 Å². The van der Waals surface area contributed by atoms with E-state index >= 15 is 0 Å². The van der Waals surface area contributed by atoms with E-state index in [1.807, 2.05) is 17.9 Å². The number of anilines is 1. The second kappa shape index (κ2) is 8.93. The first kappa shape index (κ1) is 19.9. The first-order valence-corrected chi connectivity index (χ1v) is 11.0. The van der Waals surface area contributed by atoms with Crippen LogP contribution >= 0.6 is 0 Å².